The highest BCUT2D eigenvalue weighted by Crippen LogP contribution is 2.26. The van der Waals surface area contributed by atoms with Gasteiger partial charge in [-0.15, -0.1) is 0 Å². The first-order valence-electron chi connectivity index (χ1n) is 10.6. The van der Waals surface area contributed by atoms with Crippen molar-refractivity contribution in [1.29, 1.82) is 0 Å². The van der Waals surface area contributed by atoms with Gasteiger partial charge >= 0.3 is 6.01 Å². The third kappa shape index (κ3) is 4.48. The minimum absolute atomic E-state index is 0.169. The first kappa shape index (κ1) is 20.8. The van der Waals surface area contributed by atoms with Crippen LogP contribution in [0.5, 0.6) is 6.01 Å². The molecule has 1 N–H and O–H groups in total. The quantitative estimate of drug-likeness (QED) is 0.605. The fraction of sp³-hybridized carbons (Fsp3) is 0.500. The third-order valence-corrected chi connectivity index (χ3v) is 6.56. The van der Waals surface area contributed by atoms with Crippen LogP contribution in [0.25, 0.3) is 5.65 Å². The molecule has 1 aromatic carbocycles. The van der Waals surface area contributed by atoms with Crippen molar-refractivity contribution in [3.8, 4) is 6.01 Å². The fourth-order valence-electron chi connectivity index (χ4n) is 3.89. The van der Waals surface area contributed by atoms with Crippen LogP contribution in [-0.2, 0) is 17.3 Å². The summed E-state index contributed by atoms with van der Waals surface area (Å²) in [6.07, 6.45) is 9.44. The van der Waals surface area contributed by atoms with Gasteiger partial charge in [-0.05, 0) is 43.2 Å². The van der Waals surface area contributed by atoms with Crippen molar-refractivity contribution in [2.75, 3.05) is 11.6 Å². The molecule has 0 spiro atoms. The molecule has 1 aliphatic carbocycles. The van der Waals surface area contributed by atoms with Gasteiger partial charge in [0, 0.05) is 23.3 Å². The number of hydrogen-bond donors (Lipinski definition) is 1. The van der Waals surface area contributed by atoms with E-state index in [1.54, 1.807) is 10.8 Å². The van der Waals surface area contributed by atoms with Crippen molar-refractivity contribution in [2.45, 2.75) is 69.4 Å². The third-order valence-electron chi connectivity index (χ3n) is 5.54. The van der Waals surface area contributed by atoms with Gasteiger partial charge in [-0.2, -0.15) is 19.6 Å². The molecule has 2 heterocycles. The standard InChI is InChI=1S/C22H29N5O2S/c1-15(2)18-14-24-27-20(18)25-22(29-17-10-5-4-6-11-17)26-21(27)23-13-16-9-7-8-12-19(16)30(3)28/h7-9,12,14-15,17H,4-6,10-11,13H2,1-3H3,(H,23,25,26). The lowest BCUT2D eigenvalue weighted by Crippen LogP contribution is -2.21. The number of aromatic nitrogens is 4. The van der Waals surface area contributed by atoms with Crippen molar-refractivity contribution < 1.29 is 8.95 Å². The topological polar surface area (TPSA) is 81.4 Å². The highest BCUT2D eigenvalue weighted by molar-refractivity contribution is 7.84. The number of anilines is 1. The summed E-state index contributed by atoms with van der Waals surface area (Å²) >= 11 is 0. The van der Waals surface area contributed by atoms with Crippen LogP contribution in [0, 0.1) is 0 Å². The summed E-state index contributed by atoms with van der Waals surface area (Å²) < 4.78 is 20.0. The number of rotatable bonds is 7. The van der Waals surface area contributed by atoms with E-state index in [9.17, 15) is 4.21 Å². The molecule has 0 saturated heterocycles. The Kier molecular flexibility index (Phi) is 6.32. The molecule has 8 heteroatoms. The lowest BCUT2D eigenvalue weighted by molar-refractivity contribution is 0.142. The van der Waals surface area contributed by atoms with Crippen LogP contribution in [0.3, 0.4) is 0 Å². The zero-order valence-corrected chi connectivity index (χ0v) is 18.6. The summed E-state index contributed by atoms with van der Waals surface area (Å²) in [4.78, 5) is 10.1. The van der Waals surface area contributed by atoms with Crippen molar-refractivity contribution in [3.05, 3.63) is 41.6 Å². The molecule has 30 heavy (non-hydrogen) atoms. The van der Waals surface area contributed by atoms with Crippen LogP contribution in [-0.4, -0.2) is 36.2 Å². The van der Waals surface area contributed by atoms with Crippen molar-refractivity contribution >= 4 is 22.4 Å². The van der Waals surface area contributed by atoms with E-state index in [0.29, 0.717) is 18.5 Å². The highest BCUT2D eigenvalue weighted by atomic mass is 32.2. The number of ether oxygens (including phenoxy) is 1. The van der Waals surface area contributed by atoms with Crippen molar-refractivity contribution in [2.24, 2.45) is 0 Å². The summed E-state index contributed by atoms with van der Waals surface area (Å²) in [6, 6.07) is 8.12. The minimum Gasteiger partial charge on any atom is -0.460 e. The maximum atomic E-state index is 12.1. The van der Waals surface area contributed by atoms with Crippen molar-refractivity contribution in [3.63, 3.8) is 0 Å². The molecule has 2 aromatic heterocycles. The molecule has 7 nitrogen and oxygen atoms in total. The summed E-state index contributed by atoms with van der Waals surface area (Å²) in [5.74, 6) is 0.866. The van der Waals surface area contributed by atoms with E-state index in [2.05, 4.69) is 29.2 Å². The van der Waals surface area contributed by atoms with Crippen LogP contribution in [0.2, 0.25) is 0 Å². The molecule has 0 bridgehead atoms. The Hall–Kier alpha value is -2.48. The zero-order valence-electron chi connectivity index (χ0n) is 17.8. The molecular weight excluding hydrogens is 398 g/mol. The van der Waals surface area contributed by atoms with Crippen LogP contribution in [0.15, 0.2) is 35.4 Å². The van der Waals surface area contributed by atoms with Gasteiger partial charge in [-0.3, -0.25) is 4.21 Å². The van der Waals surface area contributed by atoms with Gasteiger partial charge < -0.3 is 10.1 Å². The predicted octanol–water partition coefficient (Wildman–Crippen LogP) is 4.31. The number of nitrogens with one attached hydrogen (secondary N) is 1. The average Bonchev–Trinajstić information content (AvgIpc) is 3.17. The SMILES string of the molecule is CC(C)c1cnn2c(NCc3ccccc3S(C)=O)nc(OC3CCCCC3)nc12. The van der Waals surface area contributed by atoms with Gasteiger partial charge in [-0.25, -0.2) is 0 Å². The average molecular weight is 428 g/mol. The molecule has 160 valence electrons. The smallest absolute Gasteiger partial charge is 0.322 e. The molecule has 4 rings (SSSR count). The lowest BCUT2D eigenvalue weighted by atomic mass is 9.98. The predicted molar refractivity (Wildman–Crippen MR) is 118 cm³/mol. The molecule has 0 radical (unpaired) electrons. The largest absolute Gasteiger partial charge is 0.460 e. The van der Waals surface area contributed by atoms with E-state index in [1.807, 2.05) is 30.5 Å². The van der Waals surface area contributed by atoms with E-state index >= 15 is 0 Å². The first-order chi connectivity index (χ1) is 14.5. The number of hydrogen-bond acceptors (Lipinski definition) is 6. The second kappa shape index (κ2) is 9.12. The first-order valence-corrected chi connectivity index (χ1v) is 12.2. The Morgan fingerprint density at radius 2 is 1.97 bits per heavy atom. The van der Waals surface area contributed by atoms with E-state index in [0.717, 1.165) is 34.5 Å². The van der Waals surface area contributed by atoms with Crippen LogP contribution in [0.1, 0.15) is 63.0 Å². The molecule has 1 fully saturated rings. The Morgan fingerprint density at radius 1 is 1.20 bits per heavy atom. The lowest BCUT2D eigenvalue weighted by Gasteiger charge is -2.22. The summed E-state index contributed by atoms with van der Waals surface area (Å²) in [5, 5.41) is 7.88. The Labute approximate surface area is 179 Å². The van der Waals surface area contributed by atoms with Gasteiger partial charge in [0.15, 0.2) is 5.65 Å². The summed E-state index contributed by atoms with van der Waals surface area (Å²) in [7, 11) is -1.06. The maximum absolute atomic E-state index is 12.1. The number of fused-ring (bicyclic) bond motifs is 1. The van der Waals surface area contributed by atoms with Crippen LogP contribution >= 0.6 is 0 Å². The second-order valence-corrected chi connectivity index (χ2v) is 9.46. The maximum Gasteiger partial charge on any atom is 0.322 e. The van der Waals surface area contributed by atoms with Gasteiger partial charge in [0.1, 0.15) is 6.10 Å². The molecule has 0 amide bonds. The zero-order chi connectivity index (χ0) is 21.1. The normalized spacial score (nSPS) is 16.1. The van der Waals surface area contributed by atoms with Crippen molar-refractivity contribution in [1.82, 2.24) is 19.6 Å². The van der Waals surface area contributed by atoms with E-state index in [1.165, 1.54) is 19.3 Å². The number of nitrogens with zero attached hydrogens (tertiary/aromatic N) is 4. The van der Waals surface area contributed by atoms with Gasteiger partial charge in [0.05, 0.1) is 17.0 Å². The van der Waals surface area contributed by atoms with Crippen LogP contribution in [0.4, 0.5) is 5.95 Å². The molecule has 1 saturated carbocycles. The monoisotopic (exact) mass is 427 g/mol. The molecule has 0 aliphatic heterocycles. The molecule has 1 aliphatic rings. The van der Waals surface area contributed by atoms with E-state index in [-0.39, 0.29) is 12.0 Å². The highest BCUT2D eigenvalue weighted by Gasteiger charge is 2.20. The molecular formula is C22H29N5O2S. The van der Waals surface area contributed by atoms with Gasteiger partial charge in [0.2, 0.25) is 5.95 Å². The Bertz CT molecular complexity index is 1040. The van der Waals surface area contributed by atoms with E-state index < -0.39 is 10.8 Å². The fourth-order valence-corrected chi connectivity index (χ4v) is 4.67. The second-order valence-electron chi connectivity index (χ2n) is 8.11. The molecule has 1 atom stereocenters. The van der Waals surface area contributed by atoms with Crippen LogP contribution < -0.4 is 10.1 Å². The number of benzene rings is 1. The summed E-state index contributed by atoms with van der Waals surface area (Å²) in [5.41, 5.74) is 2.79. The van der Waals surface area contributed by atoms with Gasteiger partial charge in [0.25, 0.3) is 0 Å². The minimum atomic E-state index is -1.06. The Balaban J connectivity index is 1.66. The van der Waals surface area contributed by atoms with E-state index in [4.69, 9.17) is 9.72 Å². The summed E-state index contributed by atoms with van der Waals surface area (Å²) in [6.45, 7) is 4.74. The van der Waals surface area contributed by atoms with Gasteiger partial charge in [-0.1, -0.05) is 38.5 Å². The Morgan fingerprint density at radius 3 is 2.70 bits per heavy atom. The molecule has 3 aromatic rings. The molecule has 1 unspecified atom stereocenters.